The summed E-state index contributed by atoms with van der Waals surface area (Å²) in [7, 11) is 1.56. The van der Waals surface area contributed by atoms with Gasteiger partial charge < -0.3 is 15.8 Å². The fraction of sp³-hybridized carbons (Fsp3) is 0.435. The predicted molar refractivity (Wildman–Crippen MR) is 119 cm³/mol. The Bertz CT molecular complexity index is 903. The molecule has 0 spiro atoms. The van der Waals surface area contributed by atoms with Crippen LogP contribution in [-0.2, 0) is 6.54 Å². The molecule has 2 aliphatic rings. The summed E-state index contributed by atoms with van der Waals surface area (Å²) in [5.74, 6) is 0.405. The maximum absolute atomic E-state index is 12.9. The van der Waals surface area contributed by atoms with Gasteiger partial charge >= 0.3 is 0 Å². The summed E-state index contributed by atoms with van der Waals surface area (Å²) in [6, 6.07) is 13.4. The summed E-state index contributed by atoms with van der Waals surface area (Å²) < 4.78 is 6.07. The van der Waals surface area contributed by atoms with Crippen LogP contribution in [0.25, 0.3) is 0 Å². The first-order valence-electron chi connectivity index (χ1n) is 10.2. The highest BCUT2D eigenvalue weighted by molar-refractivity contribution is 9.10. The molecule has 4 rings (SSSR count). The number of hydrogen-bond acceptors (Lipinski definition) is 4. The predicted octanol–water partition coefficient (Wildman–Crippen LogP) is 4.27. The van der Waals surface area contributed by atoms with Gasteiger partial charge in [0.05, 0.1) is 12.7 Å². The van der Waals surface area contributed by atoms with E-state index in [-0.39, 0.29) is 11.9 Å². The van der Waals surface area contributed by atoms with Crippen molar-refractivity contribution in [3.05, 3.63) is 57.6 Å². The molecular formula is C23H28BrN3O2. The molecule has 0 aromatic heterocycles. The third kappa shape index (κ3) is 4.28. The lowest BCUT2D eigenvalue weighted by Crippen LogP contribution is -2.50. The number of aryl methyl sites for hydroxylation is 1. The number of methoxy groups -OCH3 is 1. The molecule has 2 aromatic carbocycles. The number of anilines is 1. The van der Waals surface area contributed by atoms with Crippen LogP contribution in [0.4, 0.5) is 5.69 Å². The van der Waals surface area contributed by atoms with Gasteiger partial charge in [-0.1, -0.05) is 29.8 Å². The monoisotopic (exact) mass is 457 g/mol. The van der Waals surface area contributed by atoms with Crippen LogP contribution in [0, 0.1) is 6.92 Å². The average Bonchev–Trinajstić information content (AvgIpc) is 2.92. The first kappa shape index (κ1) is 20.2. The molecule has 2 atom stereocenters. The standard InChI is InChI=1S/C23H28BrN3O2/c1-14-4-3-5-15(8-14)13-27-17-6-7-18(27)10-16(9-17)26-23(28)19-11-20(24)21(25)12-22(19)29-2/h3-5,8,11-12,16-18H,6-7,9-10,13,25H2,1-2H3,(H,26,28). The second-order valence-electron chi connectivity index (χ2n) is 8.26. The second-order valence-corrected chi connectivity index (χ2v) is 9.12. The Morgan fingerprint density at radius 1 is 1.24 bits per heavy atom. The van der Waals surface area contributed by atoms with E-state index in [1.807, 2.05) is 0 Å². The van der Waals surface area contributed by atoms with Crippen LogP contribution < -0.4 is 15.8 Å². The molecule has 2 aliphatic heterocycles. The lowest BCUT2D eigenvalue weighted by Gasteiger charge is -2.39. The van der Waals surface area contributed by atoms with E-state index in [1.54, 1.807) is 19.2 Å². The average molecular weight is 458 g/mol. The number of piperidine rings is 1. The van der Waals surface area contributed by atoms with Gasteiger partial charge in [0.1, 0.15) is 5.75 Å². The van der Waals surface area contributed by atoms with E-state index in [2.05, 4.69) is 57.3 Å². The SMILES string of the molecule is COc1cc(N)c(Br)cc1C(=O)NC1CC2CCC(C1)N2Cc1cccc(C)c1. The van der Waals surface area contributed by atoms with Gasteiger partial charge in [0.15, 0.2) is 0 Å². The van der Waals surface area contributed by atoms with Crippen molar-refractivity contribution < 1.29 is 9.53 Å². The summed E-state index contributed by atoms with van der Waals surface area (Å²) in [6.07, 6.45) is 4.40. The number of nitrogen functional groups attached to an aromatic ring is 1. The molecule has 6 heteroatoms. The normalized spacial score (nSPS) is 23.8. The lowest BCUT2D eigenvalue weighted by molar-refractivity contribution is 0.0825. The Labute approximate surface area is 180 Å². The van der Waals surface area contributed by atoms with Gasteiger partial charge in [0.2, 0.25) is 0 Å². The number of carbonyl (C=O) groups excluding carboxylic acids is 1. The molecule has 0 aliphatic carbocycles. The Kier molecular flexibility index (Phi) is 5.83. The number of halogens is 1. The van der Waals surface area contributed by atoms with Gasteiger partial charge in [-0.25, -0.2) is 0 Å². The van der Waals surface area contributed by atoms with E-state index in [1.165, 1.54) is 24.0 Å². The van der Waals surface area contributed by atoms with Crippen LogP contribution in [-0.4, -0.2) is 36.0 Å². The number of carbonyl (C=O) groups is 1. The highest BCUT2D eigenvalue weighted by atomic mass is 79.9. The van der Waals surface area contributed by atoms with E-state index in [0.29, 0.717) is 33.6 Å². The zero-order valence-electron chi connectivity index (χ0n) is 17.0. The number of nitrogens with two attached hydrogens (primary N) is 1. The van der Waals surface area contributed by atoms with E-state index >= 15 is 0 Å². The minimum absolute atomic E-state index is 0.0981. The lowest BCUT2D eigenvalue weighted by atomic mass is 9.96. The smallest absolute Gasteiger partial charge is 0.255 e. The van der Waals surface area contributed by atoms with E-state index in [9.17, 15) is 4.79 Å². The molecule has 2 heterocycles. The highest BCUT2D eigenvalue weighted by Gasteiger charge is 2.41. The van der Waals surface area contributed by atoms with Crippen LogP contribution in [0.1, 0.15) is 47.2 Å². The summed E-state index contributed by atoms with van der Waals surface area (Å²) >= 11 is 3.41. The van der Waals surface area contributed by atoms with Gasteiger partial charge in [0, 0.05) is 40.9 Å². The highest BCUT2D eigenvalue weighted by Crippen LogP contribution is 2.37. The number of amides is 1. The molecule has 5 nitrogen and oxygen atoms in total. The zero-order valence-corrected chi connectivity index (χ0v) is 18.5. The fourth-order valence-corrected chi connectivity index (χ4v) is 5.19. The Hall–Kier alpha value is -2.05. The molecular weight excluding hydrogens is 430 g/mol. The zero-order chi connectivity index (χ0) is 20.5. The van der Waals surface area contributed by atoms with Gasteiger partial charge in [-0.15, -0.1) is 0 Å². The van der Waals surface area contributed by atoms with E-state index in [4.69, 9.17) is 10.5 Å². The van der Waals surface area contributed by atoms with Crippen molar-refractivity contribution in [2.24, 2.45) is 0 Å². The number of nitrogens with one attached hydrogen (secondary N) is 1. The minimum atomic E-state index is -0.0981. The molecule has 2 aromatic rings. The molecule has 2 bridgehead atoms. The molecule has 154 valence electrons. The van der Waals surface area contributed by atoms with Gasteiger partial charge in [-0.3, -0.25) is 9.69 Å². The number of rotatable bonds is 5. The molecule has 0 saturated carbocycles. The van der Waals surface area contributed by atoms with Crippen molar-refractivity contribution in [2.75, 3.05) is 12.8 Å². The molecule has 1 amide bonds. The van der Waals surface area contributed by atoms with Crippen LogP contribution in [0.5, 0.6) is 5.75 Å². The molecule has 2 saturated heterocycles. The maximum Gasteiger partial charge on any atom is 0.255 e. The van der Waals surface area contributed by atoms with Crippen molar-refractivity contribution in [1.29, 1.82) is 0 Å². The quantitative estimate of drug-likeness (QED) is 0.657. The van der Waals surface area contributed by atoms with E-state index < -0.39 is 0 Å². The van der Waals surface area contributed by atoms with Gasteiger partial charge in [-0.2, -0.15) is 0 Å². The second kappa shape index (κ2) is 8.36. The van der Waals surface area contributed by atoms with Crippen LogP contribution >= 0.6 is 15.9 Å². The van der Waals surface area contributed by atoms with Crippen molar-refractivity contribution in [3.8, 4) is 5.75 Å². The van der Waals surface area contributed by atoms with Crippen LogP contribution in [0.15, 0.2) is 40.9 Å². The van der Waals surface area contributed by atoms with Crippen LogP contribution in [0.2, 0.25) is 0 Å². The molecule has 0 radical (unpaired) electrons. The minimum Gasteiger partial charge on any atom is -0.496 e. The van der Waals surface area contributed by atoms with Crippen molar-refractivity contribution in [3.63, 3.8) is 0 Å². The largest absolute Gasteiger partial charge is 0.496 e. The summed E-state index contributed by atoms with van der Waals surface area (Å²) in [5, 5.41) is 3.24. The Morgan fingerprint density at radius 2 is 1.97 bits per heavy atom. The number of nitrogens with zero attached hydrogens (tertiary/aromatic N) is 1. The topological polar surface area (TPSA) is 67.6 Å². The molecule has 3 N–H and O–H groups in total. The summed E-state index contributed by atoms with van der Waals surface area (Å²) in [4.78, 5) is 15.6. The Morgan fingerprint density at radius 3 is 2.62 bits per heavy atom. The number of ether oxygens (including phenoxy) is 1. The van der Waals surface area contributed by atoms with Crippen molar-refractivity contribution in [2.45, 2.75) is 57.3 Å². The van der Waals surface area contributed by atoms with Crippen LogP contribution in [0.3, 0.4) is 0 Å². The molecule has 2 unspecified atom stereocenters. The number of benzene rings is 2. The first-order chi connectivity index (χ1) is 13.9. The van der Waals surface area contributed by atoms with E-state index in [0.717, 1.165) is 19.4 Å². The third-order valence-corrected chi connectivity index (χ3v) is 6.92. The first-order valence-corrected chi connectivity index (χ1v) is 11.0. The molecule has 2 fully saturated rings. The van der Waals surface area contributed by atoms with Crippen molar-refractivity contribution in [1.82, 2.24) is 10.2 Å². The molecule has 29 heavy (non-hydrogen) atoms. The Balaban J connectivity index is 1.43. The number of hydrogen-bond donors (Lipinski definition) is 2. The third-order valence-electron chi connectivity index (χ3n) is 6.23. The van der Waals surface area contributed by atoms with Gasteiger partial charge in [0.25, 0.3) is 5.91 Å². The van der Waals surface area contributed by atoms with Gasteiger partial charge in [-0.05, 0) is 60.2 Å². The summed E-state index contributed by atoms with van der Waals surface area (Å²) in [6.45, 7) is 3.14. The fourth-order valence-electron chi connectivity index (χ4n) is 4.85. The number of fused-ring (bicyclic) bond motifs is 2. The van der Waals surface area contributed by atoms with Crippen molar-refractivity contribution >= 4 is 27.5 Å². The summed E-state index contributed by atoms with van der Waals surface area (Å²) in [5.41, 5.74) is 9.67. The maximum atomic E-state index is 12.9.